The Morgan fingerprint density at radius 3 is 2.58 bits per heavy atom. The third-order valence-electron chi connectivity index (χ3n) is 2.63. The number of rotatable bonds is 5. The van der Waals surface area contributed by atoms with Crippen molar-refractivity contribution in [3.05, 3.63) is 52.0 Å². The van der Waals surface area contributed by atoms with Crippen LogP contribution in [0.1, 0.15) is 21.6 Å². The molecule has 0 aliphatic heterocycles. The highest BCUT2D eigenvalue weighted by Gasteiger charge is 2.20. The van der Waals surface area contributed by atoms with E-state index in [0.717, 1.165) is 5.01 Å². The van der Waals surface area contributed by atoms with Crippen LogP contribution in [-0.2, 0) is 15.6 Å². The van der Waals surface area contributed by atoms with Gasteiger partial charge < -0.3 is 5.11 Å². The van der Waals surface area contributed by atoms with Gasteiger partial charge in [-0.1, -0.05) is 30.3 Å². The van der Waals surface area contributed by atoms with Gasteiger partial charge in [0.2, 0.25) is 0 Å². The molecule has 2 rings (SSSR count). The molecule has 1 heterocycles. The molecule has 0 aliphatic rings. The van der Waals surface area contributed by atoms with Crippen molar-refractivity contribution < 1.29 is 13.5 Å². The van der Waals surface area contributed by atoms with E-state index < -0.39 is 15.9 Å². The maximum absolute atomic E-state index is 12.0. The number of aliphatic hydroxyl groups is 1. The third-order valence-corrected chi connectivity index (χ3v) is 5.30. The zero-order valence-corrected chi connectivity index (χ0v) is 12.1. The fourth-order valence-electron chi connectivity index (χ4n) is 1.76. The quantitative estimate of drug-likeness (QED) is 0.917. The number of aromatic nitrogens is 1. The number of hydrogen-bond acceptors (Lipinski definition) is 5. The number of aryl methyl sites for hydroxylation is 1. The van der Waals surface area contributed by atoms with Crippen molar-refractivity contribution >= 4 is 21.2 Å². The third kappa shape index (κ3) is 4.12. The van der Waals surface area contributed by atoms with Crippen LogP contribution < -0.4 is 0 Å². The van der Waals surface area contributed by atoms with Gasteiger partial charge in [-0.3, -0.25) is 0 Å². The molecule has 0 unspecified atom stereocenters. The molecule has 0 bridgehead atoms. The highest BCUT2D eigenvalue weighted by atomic mass is 32.2. The molecule has 0 fully saturated rings. The van der Waals surface area contributed by atoms with Gasteiger partial charge in [0.25, 0.3) is 0 Å². The van der Waals surface area contributed by atoms with E-state index in [4.69, 9.17) is 0 Å². The van der Waals surface area contributed by atoms with Gasteiger partial charge in [0.1, 0.15) is 0 Å². The Morgan fingerprint density at radius 2 is 2.00 bits per heavy atom. The van der Waals surface area contributed by atoms with Crippen LogP contribution in [0.3, 0.4) is 0 Å². The predicted octanol–water partition coefficient (Wildman–Crippen LogP) is 2.10. The second kappa shape index (κ2) is 5.81. The van der Waals surface area contributed by atoms with Crippen LogP contribution in [0, 0.1) is 6.92 Å². The molecule has 6 heteroatoms. The summed E-state index contributed by atoms with van der Waals surface area (Å²) < 4.78 is 24.0. The van der Waals surface area contributed by atoms with Crippen molar-refractivity contribution in [2.24, 2.45) is 0 Å². The lowest BCUT2D eigenvalue weighted by molar-refractivity contribution is 0.201. The summed E-state index contributed by atoms with van der Waals surface area (Å²) in [6.45, 7) is 1.83. The molecule has 102 valence electrons. The van der Waals surface area contributed by atoms with Crippen molar-refractivity contribution in [1.82, 2.24) is 4.98 Å². The first-order chi connectivity index (χ1) is 8.96. The minimum Gasteiger partial charge on any atom is -0.387 e. The second-order valence-electron chi connectivity index (χ2n) is 4.33. The second-order valence-corrected chi connectivity index (χ2v) is 7.76. The van der Waals surface area contributed by atoms with Gasteiger partial charge in [-0.25, -0.2) is 13.4 Å². The Kier molecular flexibility index (Phi) is 4.34. The summed E-state index contributed by atoms with van der Waals surface area (Å²) in [6.07, 6.45) is 0.590. The number of sulfone groups is 1. The van der Waals surface area contributed by atoms with E-state index in [0.29, 0.717) is 10.4 Å². The van der Waals surface area contributed by atoms with Crippen LogP contribution in [-0.4, -0.2) is 24.3 Å². The number of benzene rings is 1. The highest BCUT2D eigenvalue weighted by molar-refractivity contribution is 7.90. The van der Waals surface area contributed by atoms with E-state index in [9.17, 15) is 13.5 Å². The largest absolute Gasteiger partial charge is 0.387 e. The fourth-order valence-corrected chi connectivity index (χ4v) is 4.42. The average molecular weight is 297 g/mol. The fraction of sp³-hybridized carbons (Fsp3) is 0.308. The maximum Gasteiger partial charge on any atom is 0.158 e. The minimum atomic E-state index is -3.35. The molecule has 19 heavy (non-hydrogen) atoms. The zero-order chi connectivity index (χ0) is 13.9. The Labute approximate surface area is 116 Å². The molecular weight excluding hydrogens is 282 g/mol. The minimum absolute atomic E-state index is 0.0671. The Balaban J connectivity index is 2.05. The summed E-state index contributed by atoms with van der Waals surface area (Å²) in [6, 6.07) is 8.81. The van der Waals surface area contributed by atoms with E-state index >= 15 is 0 Å². The molecule has 0 radical (unpaired) electrons. The van der Waals surface area contributed by atoms with Crippen molar-refractivity contribution in [3.8, 4) is 0 Å². The summed E-state index contributed by atoms with van der Waals surface area (Å²) in [5.74, 6) is -0.337. The van der Waals surface area contributed by atoms with Crippen molar-refractivity contribution in [2.75, 3.05) is 5.75 Å². The van der Waals surface area contributed by atoms with Crippen molar-refractivity contribution in [3.63, 3.8) is 0 Å². The van der Waals surface area contributed by atoms with Gasteiger partial charge in [-0.15, -0.1) is 11.3 Å². The summed E-state index contributed by atoms with van der Waals surface area (Å²) in [5, 5.41) is 10.8. The van der Waals surface area contributed by atoms with Gasteiger partial charge in [-0.2, -0.15) is 0 Å². The van der Waals surface area contributed by atoms with E-state index in [1.54, 1.807) is 30.5 Å². The van der Waals surface area contributed by atoms with Crippen LogP contribution in [0.4, 0.5) is 0 Å². The molecule has 0 spiro atoms. The lowest BCUT2D eigenvalue weighted by Crippen LogP contribution is -2.15. The van der Waals surface area contributed by atoms with E-state index in [1.165, 1.54) is 11.3 Å². The number of thiazole rings is 1. The summed E-state index contributed by atoms with van der Waals surface area (Å²) in [4.78, 5) is 4.74. The van der Waals surface area contributed by atoms with Crippen LogP contribution in [0.2, 0.25) is 0 Å². The molecule has 2 aromatic rings. The highest BCUT2D eigenvalue weighted by Crippen LogP contribution is 2.19. The molecule has 0 saturated heterocycles. The Bertz CT molecular complexity index is 635. The van der Waals surface area contributed by atoms with Gasteiger partial charge >= 0.3 is 0 Å². The summed E-state index contributed by atoms with van der Waals surface area (Å²) in [5.41, 5.74) is 0.617. The van der Waals surface area contributed by atoms with Gasteiger partial charge in [0.15, 0.2) is 9.84 Å². The molecule has 0 aliphatic carbocycles. The van der Waals surface area contributed by atoms with Crippen LogP contribution >= 0.6 is 11.3 Å². The standard InChI is InChI=1S/C13H15NO3S2/c1-10-14-7-12(18-10)8-19(16,17)9-13(15)11-5-3-2-4-6-11/h2-7,13,15H,8-9H2,1H3/t13-/m1/s1. The number of hydrogen-bond donors (Lipinski definition) is 1. The van der Waals surface area contributed by atoms with Gasteiger partial charge in [-0.05, 0) is 12.5 Å². The Hall–Kier alpha value is -1.24. The van der Waals surface area contributed by atoms with Crippen molar-refractivity contribution in [1.29, 1.82) is 0 Å². The smallest absolute Gasteiger partial charge is 0.158 e. The predicted molar refractivity (Wildman–Crippen MR) is 75.7 cm³/mol. The molecular formula is C13H15NO3S2. The lowest BCUT2D eigenvalue weighted by atomic mass is 10.1. The van der Waals surface area contributed by atoms with Gasteiger partial charge in [0, 0.05) is 11.1 Å². The maximum atomic E-state index is 12.0. The number of nitrogens with zero attached hydrogens (tertiary/aromatic N) is 1. The van der Waals surface area contributed by atoms with Crippen molar-refractivity contribution in [2.45, 2.75) is 18.8 Å². The molecule has 4 nitrogen and oxygen atoms in total. The molecule has 0 saturated carbocycles. The summed E-state index contributed by atoms with van der Waals surface area (Å²) >= 11 is 1.37. The average Bonchev–Trinajstić information content (AvgIpc) is 2.74. The number of aliphatic hydroxyl groups excluding tert-OH is 1. The first-order valence-electron chi connectivity index (χ1n) is 5.81. The Morgan fingerprint density at radius 1 is 1.32 bits per heavy atom. The van der Waals surface area contributed by atoms with Crippen LogP contribution in [0.15, 0.2) is 36.5 Å². The molecule has 1 aromatic heterocycles. The van der Waals surface area contributed by atoms with E-state index in [-0.39, 0.29) is 11.5 Å². The molecule has 1 N–H and O–H groups in total. The van der Waals surface area contributed by atoms with E-state index in [1.807, 2.05) is 13.0 Å². The molecule has 1 atom stereocenters. The summed E-state index contributed by atoms with van der Waals surface area (Å²) in [7, 11) is -3.35. The first-order valence-corrected chi connectivity index (χ1v) is 8.45. The normalized spacial score (nSPS) is 13.4. The van der Waals surface area contributed by atoms with Gasteiger partial charge in [0.05, 0.1) is 22.6 Å². The lowest BCUT2D eigenvalue weighted by Gasteiger charge is -2.10. The van der Waals surface area contributed by atoms with E-state index in [2.05, 4.69) is 4.98 Å². The zero-order valence-electron chi connectivity index (χ0n) is 10.5. The van der Waals surface area contributed by atoms with Crippen LogP contribution in [0.5, 0.6) is 0 Å². The molecule has 1 aromatic carbocycles. The van der Waals surface area contributed by atoms with Crippen LogP contribution in [0.25, 0.3) is 0 Å². The SMILES string of the molecule is Cc1ncc(CS(=O)(=O)C[C@@H](O)c2ccccc2)s1. The monoisotopic (exact) mass is 297 g/mol. The first kappa shape index (κ1) is 14.2. The topological polar surface area (TPSA) is 67.3 Å². The molecule has 0 amide bonds.